The van der Waals surface area contributed by atoms with Crippen molar-refractivity contribution in [1.82, 2.24) is 4.57 Å². The molecule has 0 saturated carbocycles. The summed E-state index contributed by atoms with van der Waals surface area (Å²) in [6.07, 6.45) is 7.61. The number of imidazole rings is 1. The molecule has 0 aliphatic heterocycles. The summed E-state index contributed by atoms with van der Waals surface area (Å²) in [6.45, 7) is 1.46. The molecule has 4 nitrogen and oxygen atoms in total. The zero-order valence-electron chi connectivity index (χ0n) is 12.2. The van der Waals surface area contributed by atoms with Gasteiger partial charge in [-0.25, -0.2) is 9.13 Å². The molecule has 1 aromatic heterocycles. The molecule has 0 spiro atoms. The van der Waals surface area contributed by atoms with Crippen LogP contribution in [-0.4, -0.2) is 29.7 Å². The van der Waals surface area contributed by atoms with Gasteiger partial charge in [0, 0.05) is 16.8 Å². The highest BCUT2D eigenvalue weighted by Crippen LogP contribution is 2.19. The molecule has 0 unspecified atom stereocenters. The van der Waals surface area contributed by atoms with Crippen LogP contribution in [0.3, 0.4) is 0 Å². The van der Waals surface area contributed by atoms with Crippen molar-refractivity contribution in [3.05, 3.63) is 47.5 Å². The minimum atomic E-state index is -6.00. The number of halogens is 5. The lowest BCUT2D eigenvalue weighted by molar-refractivity contribution is -0.671. The zero-order valence-corrected chi connectivity index (χ0v) is 13.0. The van der Waals surface area contributed by atoms with Gasteiger partial charge in [0.1, 0.15) is 24.7 Å². The molecule has 0 aliphatic rings. The van der Waals surface area contributed by atoms with Crippen LogP contribution in [0.15, 0.2) is 41.9 Å². The van der Waals surface area contributed by atoms with E-state index in [-0.39, 0.29) is 5.75 Å². The molecule has 1 heterocycles. The molecule has 0 bridgehead atoms. The SMILES string of the molecule is C[n+]1ccn(CCN=Cc2cc(Cl)ccc2O)c1.F[B-](F)(F)F. The van der Waals surface area contributed by atoms with Crippen molar-refractivity contribution in [3.8, 4) is 5.75 Å². The van der Waals surface area contributed by atoms with E-state index in [9.17, 15) is 22.4 Å². The molecule has 0 fully saturated rings. The topological polar surface area (TPSA) is 41.4 Å². The first-order chi connectivity index (χ1) is 10.6. The normalized spacial score (nSPS) is 11.4. The van der Waals surface area contributed by atoms with Crippen LogP contribution in [0, 0.1) is 0 Å². The van der Waals surface area contributed by atoms with Gasteiger partial charge in [-0.3, -0.25) is 4.99 Å². The number of aromatic hydroxyl groups is 1. The number of aryl methyl sites for hydroxylation is 1. The smallest absolute Gasteiger partial charge is 0.507 e. The van der Waals surface area contributed by atoms with Crippen molar-refractivity contribution >= 4 is 25.1 Å². The Morgan fingerprint density at radius 2 is 2.00 bits per heavy atom. The first-order valence-corrected chi connectivity index (χ1v) is 6.89. The molecule has 0 amide bonds. The number of hydrogen-bond donors (Lipinski definition) is 1. The van der Waals surface area contributed by atoms with E-state index in [1.165, 1.54) is 0 Å². The van der Waals surface area contributed by atoms with Gasteiger partial charge in [-0.15, -0.1) is 0 Å². The highest BCUT2D eigenvalue weighted by atomic mass is 35.5. The van der Waals surface area contributed by atoms with E-state index in [2.05, 4.69) is 9.56 Å². The fraction of sp³-hybridized carbons (Fsp3) is 0.231. The van der Waals surface area contributed by atoms with E-state index in [0.29, 0.717) is 17.1 Å². The van der Waals surface area contributed by atoms with Crippen molar-refractivity contribution in [3.63, 3.8) is 0 Å². The van der Waals surface area contributed by atoms with Gasteiger partial charge >= 0.3 is 7.25 Å². The molecule has 10 heteroatoms. The number of aliphatic imine (C=N–C) groups is 1. The molecule has 1 N–H and O–H groups in total. The third-order valence-corrected chi connectivity index (χ3v) is 2.77. The summed E-state index contributed by atoms with van der Waals surface area (Å²) in [5, 5.41) is 10.2. The lowest BCUT2D eigenvalue weighted by atomic mass is 10.2. The fourth-order valence-electron chi connectivity index (χ4n) is 1.60. The third-order valence-electron chi connectivity index (χ3n) is 2.53. The minimum Gasteiger partial charge on any atom is -0.507 e. The van der Waals surface area contributed by atoms with Crippen LogP contribution in [0.1, 0.15) is 5.56 Å². The van der Waals surface area contributed by atoms with Gasteiger partial charge in [0.2, 0.25) is 6.33 Å². The molecule has 1 aromatic carbocycles. The number of rotatable bonds is 4. The predicted octanol–water partition coefficient (Wildman–Crippen LogP) is 3.09. The van der Waals surface area contributed by atoms with E-state index in [4.69, 9.17) is 11.6 Å². The van der Waals surface area contributed by atoms with Crippen molar-refractivity contribution in [2.45, 2.75) is 6.54 Å². The number of phenols is 1. The standard InChI is InChI=1S/C13H14ClN3O.BF4/c1-16-6-7-17(10-16)5-4-15-9-11-8-12(14)2-3-13(11)18;2-1(3,4)5/h2-3,6-10H,4-5H2,1H3;/q;-1/p+1. The van der Waals surface area contributed by atoms with Crippen LogP contribution in [0.5, 0.6) is 5.75 Å². The number of phenolic OH excluding ortho intramolecular Hbond substituents is 1. The van der Waals surface area contributed by atoms with E-state index in [1.807, 2.05) is 30.3 Å². The Kier molecular flexibility index (Phi) is 7.09. The molecular weight excluding hydrogens is 336 g/mol. The van der Waals surface area contributed by atoms with Crippen molar-refractivity contribution in [2.75, 3.05) is 6.54 Å². The Bertz CT molecular complexity index is 655. The monoisotopic (exact) mass is 351 g/mol. The summed E-state index contributed by atoms with van der Waals surface area (Å²) >= 11 is 5.85. The predicted molar refractivity (Wildman–Crippen MR) is 81.4 cm³/mol. The van der Waals surface area contributed by atoms with E-state index < -0.39 is 7.25 Å². The third kappa shape index (κ3) is 8.87. The number of hydrogen-bond acceptors (Lipinski definition) is 2. The van der Waals surface area contributed by atoms with Crippen molar-refractivity contribution in [1.29, 1.82) is 0 Å². The van der Waals surface area contributed by atoms with Gasteiger partial charge < -0.3 is 22.4 Å². The Morgan fingerprint density at radius 3 is 2.57 bits per heavy atom. The van der Waals surface area contributed by atoms with Crippen molar-refractivity contribution in [2.24, 2.45) is 12.0 Å². The Labute approximate surface area is 135 Å². The van der Waals surface area contributed by atoms with Crippen LogP contribution in [0.4, 0.5) is 17.3 Å². The average molecular weight is 352 g/mol. The van der Waals surface area contributed by atoms with Crippen LogP contribution < -0.4 is 4.57 Å². The highest BCUT2D eigenvalue weighted by molar-refractivity contribution is 6.50. The zero-order chi connectivity index (χ0) is 17.5. The summed E-state index contributed by atoms with van der Waals surface area (Å²) in [4.78, 5) is 4.27. The second-order valence-corrected chi connectivity index (χ2v) is 4.99. The molecule has 23 heavy (non-hydrogen) atoms. The Morgan fingerprint density at radius 1 is 1.35 bits per heavy atom. The molecule has 0 radical (unpaired) electrons. The second kappa shape index (κ2) is 8.57. The molecule has 2 rings (SSSR count). The molecule has 2 aromatic rings. The summed E-state index contributed by atoms with van der Waals surface area (Å²) in [5.74, 6) is 0.190. The molecule has 126 valence electrons. The van der Waals surface area contributed by atoms with Gasteiger partial charge in [0.05, 0.1) is 13.6 Å². The largest absolute Gasteiger partial charge is 0.673 e. The lowest BCUT2D eigenvalue weighted by Crippen LogP contribution is -2.23. The summed E-state index contributed by atoms with van der Waals surface area (Å²) < 4.78 is 43.0. The van der Waals surface area contributed by atoms with Gasteiger partial charge in [-0.1, -0.05) is 11.6 Å². The molecular formula is C13H15BClF4N3O. The summed E-state index contributed by atoms with van der Waals surface area (Å²) in [6, 6.07) is 4.90. The number of nitrogens with zero attached hydrogens (tertiary/aromatic N) is 3. The second-order valence-electron chi connectivity index (χ2n) is 4.55. The van der Waals surface area contributed by atoms with Crippen LogP contribution >= 0.6 is 11.6 Å². The van der Waals surface area contributed by atoms with Crippen LogP contribution in [-0.2, 0) is 13.6 Å². The first-order valence-electron chi connectivity index (χ1n) is 6.52. The first kappa shape index (κ1) is 19.0. The highest BCUT2D eigenvalue weighted by Gasteiger charge is 2.20. The summed E-state index contributed by atoms with van der Waals surface area (Å²) in [7, 11) is -4.02. The maximum absolute atomic E-state index is 9.75. The van der Waals surface area contributed by atoms with Crippen LogP contribution in [0.2, 0.25) is 5.02 Å². The fourth-order valence-corrected chi connectivity index (χ4v) is 1.78. The minimum absolute atomic E-state index is 0.190. The van der Waals surface area contributed by atoms with Gasteiger partial charge in [-0.05, 0) is 18.2 Å². The van der Waals surface area contributed by atoms with E-state index in [1.54, 1.807) is 24.4 Å². The van der Waals surface area contributed by atoms with E-state index in [0.717, 1.165) is 6.54 Å². The van der Waals surface area contributed by atoms with Gasteiger partial charge in [0.25, 0.3) is 0 Å². The maximum Gasteiger partial charge on any atom is 0.673 e. The Hall–Kier alpha value is -2.03. The molecule has 0 atom stereocenters. The lowest BCUT2D eigenvalue weighted by Gasteiger charge is -1.98. The quantitative estimate of drug-likeness (QED) is 0.391. The molecule has 0 aliphatic carbocycles. The van der Waals surface area contributed by atoms with E-state index >= 15 is 0 Å². The van der Waals surface area contributed by atoms with Crippen molar-refractivity contribution < 1.29 is 26.9 Å². The average Bonchev–Trinajstić information content (AvgIpc) is 2.82. The van der Waals surface area contributed by atoms with Gasteiger partial charge in [0.15, 0.2) is 0 Å². The number of aromatic nitrogens is 2. The number of benzene rings is 1. The summed E-state index contributed by atoms with van der Waals surface area (Å²) in [5.41, 5.74) is 0.639. The Balaban J connectivity index is 0.000000463. The maximum atomic E-state index is 9.75. The van der Waals surface area contributed by atoms with Crippen LogP contribution in [0.25, 0.3) is 0 Å². The van der Waals surface area contributed by atoms with Gasteiger partial charge in [-0.2, -0.15) is 0 Å². The molecule has 0 saturated heterocycles.